The van der Waals surface area contributed by atoms with Crippen LogP contribution in [-0.2, 0) is 19.1 Å². The Labute approximate surface area is 136 Å². The standard InChI is InChI=1S/C16H27NO6/c1-3-5-13(18)22-14(4-2)23-16(21)17-10-11-6-8-12(9-7-11)15(19)20/h11-12,14H,3-10H2,1-2H3,(H,17,21)(H,19,20)/t11-,12-,14?. The Kier molecular flexibility index (Phi) is 8.43. The van der Waals surface area contributed by atoms with Gasteiger partial charge in [0, 0.05) is 19.4 Å². The first-order valence-electron chi connectivity index (χ1n) is 8.33. The molecule has 1 saturated carbocycles. The average Bonchev–Trinajstić information content (AvgIpc) is 2.52. The van der Waals surface area contributed by atoms with Gasteiger partial charge in [-0.1, -0.05) is 13.8 Å². The van der Waals surface area contributed by atoms with Crippen LogP contribution in [0.4, 0.5) is 4.79 Å². The molecule has 0 heterocycles. The number of alkyl carbamates (subject to hydrolysis) is 1. The van der Waals surface area contributed by atoms with Crippen LogP contribution in [0.3, 0.4) is 0 Å². The highest BCUT2D eigenvalue weighted by molar-refractivity contribution is 5.71. The summed E-state index contributed by atoms with van der Waals surface area (Å²) in [5.41, 5.74) is 0. The molecule has 132 valence electrons. The zero-order valence-electron chi connectivity index (χ0n) is 13.9. The molecule has 0 aromatic rings. The maximum atomic E-state index is 11.7. The maximum Gasteiger partial charge on any atom is 0.410 e. The lowest BCUT2D eigenvalue weighted by Crippen LogP contribution is -2.35. The van der Waals surface area contributed by atoms with Gasteiger partial charge in [0.2, 0.25) is 6.29 Å². The molecule has 0 spiro atoms. The fraction of sp³-hybridized carbons (Fsp3) is 0.812. The van der Waals surface area contributed by atoms with Crippen molar-refractivity contribution in [2.24, 2.45) is 11.8 Å². The summed E-state index contributed by atoms with van der Waals surface area (Å²) in [6.45, 7) is 4.09. The summed E-state index contributed by atoms with van der Waals surface area (Å²) in [7, 11) is 0. The molecule has 0 aliphatic heterocycles. The van der Waals surface area contributed by atoms with Gasteiger partial charge in [-0.2, -0.15) is 0 Å². The molecule has 0 radical (unpaired) electrons. The van der Waals surface area contributed by atoms with Crippen LogP contribution < -0.4 is 5.32 Å². The van der Waals surface area contributed by atoms with Crippen molar-refractivity contribution in [1.29, 1.82) is 0 Å². The van der Waals surface area contributed by atoms with E-state index >= 15 is 0 Å². The minimum atomic E-state index is -0.864. The van der Waals surface area contributed by atoms with Gasteiger partial charge < -0.3 is 19.9 Å². The summed E-state index contributed by atoms with van der Waals surface area (Å²) in [5, 5.41) is 11.6. The van der Waals surface area contributed by atoms with Gasteiger partial charge in [-0.25, -0.2) is 4.79 Å². The monoisotopic (exact) mass is 329 g/mol. The van der Waals surface area contributed by atoms with Crippen LogP contribution in [0.25, 0.3) is 0 Å². The first-order chi connectivity index (χ1) is 11.0. The summed E-state index contributed by atoms with van der Waals surface area (Å²) in [6, 6.07) is 0. The highest BCUT2D eigenvalue weighted by atomic mass is 16.7. The largest absolute Gasteiger partial charge is 0.481 e. The quantitative estimate of drug-likeness (QED) is 0.524. The van der Waals surface area contributed by atoms with Gasteiger partial charge in [0.25, 0.3) is 0 Å². The lowest BCUT2D eigenvalue weighted by Gasteiger charge is -2.26. The second-order valence-electron chi connectivity index (χ2n) is 5.92. The first kappa shape index (κ1) is 19.3. The number of ether oxygens (including phenoxy) is 2. The average molecular weight is 329 g/mol. The van der Waals surface area contributed by atoms with Crippen molar-refractivity contribution in [2.75, 3.05) is 6.54 Å². The SMILES string of the molecule is CCCC(=O)OC(CC)OC(=O)NC[C@H]1CC[C@H](C(=O)O)CC1. The molecular weight excluding hydrogens is 302 g/mol. The third-order valence-electron chi connectivity index (χ3n) is 4.02. The second kappa shape index (κ2) is 10.1. The van der Waals surface area contributed by atoms with E-state index in [2.05, 4.69) is 5.32 Å². The minimum absolute atomic E-state index is 0.263. The molecule has 0 bridgehead atoms. The Morgan fingerprint density at radius 3 is 2.30 bits per heavy atom. The molecule has 1 fully saturated rings. The Balaban J connectivity index is 2.25. The molecule has 0 aromatic heterocycles. The maximum absolute atomic E-state index is 11.7. The van der Waals surface area contributed by atoms with E-state index in [4.69, 9.17) is 14.6 Å². The Hall–Kier alpha value is -1.79. The fourth-order valence-corrected chi connectivity index (χ4v) is 2.60. The van der Waals surface area contributed by atoms with Gasteiger partial charge >= 0.3 is 18.0 Å². The topological polar surface area (TPSA) is 102 Å². The number of hydrogen-bond donors (Lipinski definition) is 2. The normalized spacial score (nSPS) is 22.0. The van der Waals surface area contributed by atoms with Crippen molar-refractivity contribution in [1.82, 2.24) is 5.32 Å². The van der Waals surface area contributed by atoms with Crippen LogP contribution in [0.5, 0.6) is 0 Å². The summed E-state index contributed by atoms with van der Waals surface area (Å²) < 4.78 is 10.1. The number of esters is 1. The number of carboxylic acid groups (broad SMARTS) is 1. The van der Waals surface area contributed by atoms with Crippen LogP contribution in [0.1, 0.15) is 58.8 Å². The van der Waals surface area contributed by atoms with Gasteiger partial charge in [0.15, 0.2) is 0 Å². The van der Waals surface area contributed by atoms with Gasteiger partial charge in [-0.3, -0.25) is 9.59 Å². The minimum Gasteiger partial charge on any atom is -0.481 e. The lowest BCUT2D eigenvalue weighted by atomic mass is 9.82. The van der Waals surface area contributed by atoms with Gasteiger partial charge in [0.1, 0.15) is 0 Å². The van der Waals surface area contributed by atoms with Crippen molar-refractivity contribution in [3.63, 3.8) is 0 Å². The van der Waals surface area contributed by atoms with Crippen molar-refractivity contribution in [2.45, 2.75) is 65.1 Å². The highest BCUT2D eigenvalue weighted by Crippen LogP contribution is 2.28. The predicted octanol–water partition coefficient (Wildman–Crippen LogP) is 2.68. The second-order valence-corrected chi connectivity index (χ2v) is 5.92. The van der Waals surface area contributed by atoms with Crippen molar-refractivity contribution in [3.05, 3.63) is 0 Å². The first-order valence-corrected chi connectivity index (χ1v) is 8.33. The molecule has 1 aliphatic rings. The number of rotatable bonds is 8. The summed E-state index contributed by atoms with van der Waals surface area (Å²) in [6.07, 6.45) is 2.74. The number of hydrogen-bond acceptors (Lipinski definition) is 5. The Morgan fingerprint density at radius 1 is 1.13 bits per heavy atom. The van der Waals surface area contributed by atoms with E-state index in [-0.39, 0.29) is 17.8 Å². The number of aliphatic carboxylic acids is 1. The molecule has 1 unspecified atom stereocenters. The van der Waals surface area contributed by atoms with Crippen molar-refractivity contribution < 1.29 is 29.0 Å². The molecule has 1 amide bonds. The fourth-order valence-electron chi connectivity index (χ4n) is 2.60. The van der Waals surface area contributed by atoms with Crippen molar-refractivity contribution in [3.8, 4) is 0 Å². The molecule has 2 N–H and O–H groups in total. The van der Waals surface area contributed by atoms with Crippen LogP contribution >= 0.6 is 0 Å². The van der Waals surface area contributed by atoms with Gasteiger partial charge in [-0.05, 0) is 38.0 Å². The molecule has 1 atom stereocenters. The number of carbonyl (C=O) groups is 3. The lowest BCUT2D eigenvalue weighted by molar-refractivity contribution is -0.168. The van der Waals surface area contributed by atoms with E-state index < -0.39 is 18.4 Å². The van der Waals surface area contributed by atoms with Crippen molar-refractivity contribution >= 4 is 18.0 Å². The molecule has 0 saturated heterocycles. The summed E-state index contributed by atoms with van der Waals surface area (Å²) >= 11 is 0. The van der Waals surface area contributed by atoms with E-state index in [1.807, 2.05) is 6.92 Å². The van der Waals surface area contributed by atoms with E-state index in [1.54, 1.807) is 6.92 Å². The molecule has 0 aromatic carbocycles. The number of carboxylic acids is 1. The van der Waals surface area contributed by atoms with Crippen LogP contribution in [0.15, 0.2) is 0 Å². The molecule has 1 rings (SSSR count). The smallest absolute Gasteiger partial charge is 0.410 e. The summed E-state index contributed by atoms with van der Waals surface area (Å²) in [4.78, 5) is 34.0. The van der Waals surface area contributed by atoms with Crippen LogP contribution in [0, 0.1) is 11.8 Å². The highest BCUT2D eigenvalue weighted by Gasteiger charge is 2.26. The molecule has 7 heteroatoms. The van der Waals surface area contributed by atoms with E-state index in [1.165, 1.54) is 0 Å². The third-order valence-corrected chi connectivity index (χ3v) is 4.02. The Morgan fingerprint density at radius 2 is 1.78 bits per heavy atom. The predicted molar refractivity (Wildman–Crippen MR) is 82.6 cm³/mol. The summed E-state index contributed by atoms with van der Waals surface area (Å²) in [5.74, 6) is -1.11. The zero-order chi connectivity index (χ0) is 17.2. The van der Waals surface area contributed by atoms with Crippen LogP contribution in [0.2, 0.25) is 0 Å². The van der Waals surface area contributed by atoms with E-state index in [0.717, 1.165) is 12.8 Å². The Bertz CT molecular complexity index is 403. The van der Waals surface area contributed by atoms with E-state index in [0.29, 0.717) is 38.6 Å². The molecular formula is C16H27NO6. The molecule has 23 heavy (non-hydrogen) atoms. The zero-order valence-corrected chi connectivity index (χ0v) is 13.9. The van der Waals surface area contributed by atoms with Gasteiger partial charge in [-0.15, -0.1) is 0 Å². The number of carbonyl (C=O) groups excluding carboxylic acids is 2. The van der Waals surface area contributed by atoms with E-state index in [9.17, 15) is 14.4 Å². The molecule has 1 aliphatic carbocycles. The third kappa shape index (κ3) is 7.34. The number of amides is 1. The van der Waals surface area contributed by atoms with Gasteiger partial charge in [0.05, 0.1) is 5.92 Å². The number of nitrogens with one attached hydrogen (secondary N) is 1. The molecule has 7 nitrogen and oxygen atoms in total. The van der Waals surface area contributed by atoms with Crippen LogP contribution in [-0.4, -0.2) is 36.0 Å².